The van der Waals surface area contributed by atoms with Crippen molar-refractivity contribution in [2.45, 2.75) is 18.2 Å². The molecule has 0 aromatic carbocycles. The van der Waals surface area contributed by atoms with Gasteiger partial charge in [-0.25, -0.2) is 4.98 Å². The minimum absolute atomic E-state index is 0.401. The third-order valence-electron chi connectivity index (χ3n) is 1.39. The van der Waals surface area contributed by atoms with Gasteiger partial charge in [0.1, 0.15) is 10.3 Å². The van der Waals surface area contributed by atoms with Crippen molar-refractivity contribution in [2.75, 3.05) is 0 Å². The van der Waals surface area contributed by atoms with Crippen LogP contribution in [0.4, 0.5) is 0 Å². The molecule has 1 heterocycles. The summed E-state index contributed by atoms with van der Waals surface area (Å²) in [6, 6.07) is 3.65. The number of aromatic nitrogens is 1. The lowest BCUT2D eigenvalue weighted by Crippen LogP contribution is -1.98. The smallest absolute Gasteiger partial charge is 0.134 e. The highest BCUT2D eigenvalue weighted by Gasteiger charge is 2.05. The van der Waals surface area contributed by atoms with Crippen LogP contribution in [0.2, 0.25) is 10.3 Å². The summed E-state index contributed by atoms with van der Waals surface area (Å²) in [5, 5.41) is 0.930. The monoisotopic (exact) mass is 267 g/mol. The van der Waals surface area contributed by atoms with Crippen LogP contribution in [0.1, 0.15) is 12.5 Å². The second kappa shape index (κ2) is 4.45. The molecule has 0 aliphatic rings. The van der Waals surface area contributed by atoms with E-state index in [-0.39, 0.29) is 0 Å². The highest BCUT2D eigenvalue weighted by Crippen LogP contribution is 2.19. The van der Waals surface area contributed by atoms with Gasteiger partial charge in [-0.2, -0.15) is 0 Å². The van der Waals surface area contributed by atoms with Gasteiger partial charge in [0.15, 0.2) is 0 Å². The number of alkyl halides is 1. The van der Waals surface area contributed by atoms with Crippen molar-refractivity contribution in [3.8, 4) is 0 Å². The molecule has 1 atom stereocenters. The molecule has 1 aromatic heterocycles. The molecular weight excluding hydrogens is 261 g/mol. The second-order valence-electron chi connectivity index (χ2n) is 2.57. The van der Waals surface area contributed by atoms with Crippen LogP contribution in [0, 0.1) is 0 Å². The van der Waals surface area contributed by atoms with Gasteiger partial charge in [0.2, 0.25) is 0 Å². The van der Waals surface area contributed by atoms with E-state index in [1.807, 2.05) is 6.07 Å². The van der Waals surface area contributed by atoms with Gasteiger partial charge in [0.05, 0.1) is 0 Å². The zero-order valence-electron chi connectivity index (χ0n) is 6.52. The fourth-order valence-electron chi connectivity index (χ4n) is 0.896. The lowest BCUT2D eigenvalue weighted by Gasteiger charge is -2.04. The molecule has 1 aromatic rings. The van der Waals surface area contributed by atoms with E-state index >= 15 is 0 Å². The standard InChI is InChI=1S/C8H8BrCl2N/c1-5(9)4-6-2-3-7(10)12-8(6)11/h2-3,5H,4H2,1H3. The lowest BCUT2D eigenvalue weighted by atomic mass is 10.2. The summed E-state index contributed by atoms with van der Waals surface area (Å²) in [4.78, 5) is 4.34. The first-order valence-corrected chi connectivity index (χ1v) is 5.21. The zero-order valence-corrected chi connectivity index (χ0v) is 9.62. The van der Waals surface area contributed by atoms with Crippen molar-refractivity contribution in [2.24, 2.45) is 0 Å². The Morgan fingerprint density at radius 2 is 2.17 bits per heavy atom. The quantitative estimate of drug-likeness (QED) is 0.589. The first-order chi connectivity index (χ1) is 5.59. The largest absolute Gasteiger partial charge is 0.224 e. The summed E-state index contributed by atoms with van der Waals surface area (Å²) in [6.07, 6.45) is 0.864. The molecule has 1 rings (SSSR count). The predicted molar refractivity (Wildman–Crippen MR) is 56.4 cm³/mol. The van der Waals surface area contributed by atoms with Crippen LogP contribution in [0.5, 0.6) is 0 Å². The zero-order chi connectivity index (χ0) is 9.14. The molecule has 0 aliphatic carbocycles. The Morgan fingerprint density at radius 3 is 2.67 bits per heavy atom. The molecule has 66 valence electrons. The number of pyridine rings is 1. The Balaban J connectivity index is 2.86. The summed E-state index contributed by atoms with van der Waals surface area (Å²) in [6.45, 7) is 2.06. The summed E-state index contributed by atoms with van der Waals surface area (Å²) in [5.41, 5.74) is 1.02. The Bertz CT molecular complexity index is 276. The fraction of sp³-hybridized carbons (Fsp3) is 0.375. The SMILES string of the molecule is CC(Br)Cc1ccc(Cl)nc1Cl. The first-order valence-electron chi connectivity index (χ1n) is 3.54. The van der Waals surface area contributed by atoms with Gasteiger partial charge in [-0.3, -0.25) is 0 Å². The molecule has 0 fully saturated rings. The van der Waals surface area contributed by atoms with Gasteiger partial charge < -0.3 is 0 Å². The Hall–Kier alpha value is 0.210. The normalized spacial score (nSPS) is 13.0. The summed E-state index contributed by atoms with van der Waals surface area (Å²) in [5.74, 6) is 0. The average molecular weight is 269 g/mol. The van der Waals surface area contributed by atoms with E-state index in [1.165, 1.54) is 0 Å². The first kappa shape index (κ1) is 10.3. The van der Waals surface area contributed by atoms with E-state index in [4.69, 9.17) is 23.2 Å². The molecule has 12 heavy (non-hydrogen) atoms. The third kappa shape index (κ3) is 2.92. The highest BCUT2D eigenvalue weighted by molar-refractivity contribution is 9.09. The minimum Gasteiger partial charge on any atom is -0.224 e. The number of hydrogen-bond acceptors (Lipinski definition) is 1. The molecule has 0 amide bonds. The summed E-state index contributed by atoms with van der Waals surface area (Å²) in [7, 11) is 0. The number of nitrogens with zero attached hydrogens (tertiary/aromatic N) is 1. The van der Waals surface area contributed by atoms with Gasteiger partial charge >= 0.3 is 0 Å². The molecule has 0 saturated heterocycles. The van der Waals surface area contributed by atoms with Crippen LogP contribution in [-0.2, 0) is 6.42 Å². The average Bonchev–Trinajstić information content (AvgIpc) is 1.94. The molecule has 1 nitrogen and oxygen atoms in total. The third-order valence-corrected chi connectivity index (χ3v) is 2.25. The fourth-order valence-corrected chi connectivity index (χ4v) is 1.67. The molecule has 0 spiro atoms. The molecule has 0 N–H and O–H groups in total. The molecule has 0 bridgehead atoms. The lowest BCUT2D eigenvalue weighted by molar-refractivity contribution is 0.950. The maximum atomic E-state index is 5.86. The number of hydrogen-bond donors (Lipinski definition) is 0. The Labute approximate surface area is 90.2 Å². The number of halogens is 3. The topological polar surface area (TPSA) is 12.9 Å². The number of rotatable bonds is 2. The maximum Gasteiger partial charge on any atom is 0.134 e. The van der Waals surface area contributed by atoms with E-state index in [9.17, 15) is 0 Å². The van der Waals surface area contributed by atoms with Crippen molar-refractivity contribution in [3.63, 3.8) is 0 Å². The highest BCUT2D eigenvalue weighted by atomic mass is 79.9. The van der Waals surface area contributed by atoms with Crippen LogP contribution in [0.25, 0.3) is 0 Å². The molecule has 0 saturated carbocycles. The van der Waals surface area contributed by atoms with Crippen molar-refractivity contribution < 1.29 is 0 Å². The Kier molecular flexibility index (Phi) is 3.81. The molecule has 0 radical (unpaired) electrons. The van der Waals surface area contributed by atoms with Crippen LogP contribution >= 0.6 is 39.1 Å². The molecule has 0 aliphatic heterocycles. The van der Waals surface area contributed by atoms with Crippen LogP contribution in [0.3, 0.4) is 0 Å². The minimum atomic E-state index is 0.401. The van der Waals surface area contributed by atoms with Crippen molar-refractivity contribution >= 4 is 39.1 Å². The van der Waals surface area contributed by atoms with Crippen molar-refractivity contribution in [1.29, 1.82) is 0 Å². The predicted octanol–water partition coefficient (Wildman–Crippen LogP) is 3.71. The van der Waals surface area contributed by atoms with Gasteiger partial charge in [-0.15, -0.1) is 0 Å². The van der Waals surface area contributed by atoms with Crippen LogP contribution < -0.4 is 0 Å². The van der Waals surface area contributed by atoms with E-state index in [0.717, 1.165) is 12.0 Å². The van der Waals surface area contributed by atoms with E-state index in [1.54, 1.807) is 6.07 Å². The summed E-state index contributed by atoms with van der Waals surface area (Å²) < 4.78 is 0. The molecule has 1 unspecified atom stereocenters. The van der Waals surface area contributed by atoms with Gasteiger partial charge in [0.25, 0.3) is 0 Å². The second-order valence-corrected chi connectivity index (χ2v) is 4.88. The Morgan fingerprint density at radius 1 is 1.50 bits per heavy atom. The van der Waals surface area contributed by atoms with E-state index in [2.05, 4.69) is 27.8 Å². The van der Waals surface area contributed by atoms with Gasteiger partial charge in [-0.1, -0.05) is 52.1 Å². The van der Waals surface area contributed by atoms with E-state index in [0.29, 0.717) is 15.1 Å². The molecular formula is C8H8BrCl2N. The van der Waals surface area contributed by atoms with Crippen LogP contribution in [-0.4, -0.2) is 9.81 Å². The van der Waals surface area contributed by atoms with Crippen molar-refractivity contribution in [1.82, 2.24) is 4.98 Å². The van der Waals surface area contributed by atoms with Gasteiger partial charge in [0, 0.05) is 4.83 Å². The van der Waals surface area contributed by atoms with Crippen molar-refractivity contribution in [3.05, 3.63) is 28.0 Å². The maximum absolute atomic E-state index is 5.86. The van der Waals surface area contributed by atoms with E-state index < -0.39 is 0 Å². The van der Waals surface area contributed by atoms with Crippen LogP contribution in [0.15, 0.2) is 12.1 Å². The van der Waals surface area contributed by atoms with Gasteiger partial charge in [-0.05, 0) is 18.1 Å². The molecule has 4 heteroatoms. The summed E-state index contributed by atoms with van der Waals surface area (Å²) >= 11 is 14.9.